The summed E-state index contributed by atoms with van der Waals surface area (Å²) in [5.74, 6) is -1.03. The van der Waals surface area contributed by atoms with Gasteiger partial charge in [-0.05, 0) is 12.1 Å². The van der Waals surface area contributed by atoms with E-state index in [1.807, 2.05) is 24.3 Å². The number of fused-ring (bicyclic) bond motifs is 1. The summed E-state index contributed by atoms with van der Waals surface area (Å²) in [6.45, 7) is 0. The lowest BCUT2D eigenvalue weighted by Gasteiger charge is -2.41. The van der Waals surface area contributed by atoms with Gasteiger partial charge in [0.25, 0.3) is 0 Å². The highest BCUT2D eigenvalue weighted by Crippen LogP contribution is 2.64. The van der Waals surface area contributed by atoms with Crippen molar-refractivity contribution in [1.29, 1.82) is 21.0 Å². The molecule has 3 aliphatic carbocycles. The monoisotopic (exact) mass is 326 g/mol. The van der Waals surface area contributed by atoms with Crippen LogP contribution in [0, 0.1) is 56.2 Å². The van der Waals surface area contributed by atoms with E-state index in [0.717, 1.165) is 0 Å². The van der Waals surface area contributed by atoms with E-state index >= 15 is 0 Å². The van der Waals surface area contributed by atoms with Crippen molar-refractivity contribution in [3.05, 3.63) is 41.7 Å². The molecule has 0 N–H and O–H groups in total. The molecule has 2 bridgehead atoms. The zero-order valence-electron chi connectivity index (χ0n) is 13.1. The summed E-state index contributed by atoms with van der Waals surface area (Å²) in [6.07, 6.45) is 4.97. The maximum absolute atomic E-state index is 9.95. The molecule has 0 saturated carbocycles. The second-order valence-electron chi connectivity index (χ2n) is 6.15. The molecule has 118 valence electrons. The third-order valence-corrected chi connectivity index (χ3v) is 5.39. The van der Waals surface area contributed by atoms with Crippen LogP contribution < -0.4 is 4.74 Å². The molecular weight excluding hydrogens is 316 g/mol. The maximum atomic E-state index is 9.95. The minimum absolute atomic E-state index is 0.493. The molecule has 1 aromatic heterocycles. The Morgan fingerprint density at radius 2 is 1.56 bits per heavy atom. The van der Waals surface area contributed by atoms with Crippen LogP contribution in [0.4, 0.5) is 0 Å². The Kier molecular flexibility index (Phi) is 2.75. The van der Waals surface area contributed by atoms with Crippen molar-refractivity contribution in [2.24, 2.45) is 10.8 Å². The van der Waals surface area contributed by atoms with Gasteiger partial charge in [-0.15, -0.1) is 0 Å². The van der Waals surface area contributed by atoms with E-state index in [2.05, 4.69) is 0 Å². The summed E-state index contributed by atoms with van der Waals surface area (Å²) < 4.78 is 11.1. The summed E-state index contributed by atoms with van der Waals surface area (Å²) in [5, 5.41) is 40.4. The largest absolute Gasteiger partial charge is 0.496 e. The van der Waals surface area contributed by atoms with Gasteiger partial charge < -0.3 is 9.15 Å². The number of rotatable bonds is 1. The lowest BCUT2D eigenvalue weighted by Crippen LogP contribution is -2.47. The summed E-state index contributed by atoms with van der Waals surface area (Å²) >= 11 is 0. The van der Waals surface area contributed by atoms with E-state index in [1.165, 1.54) is 13.4 Å². The summed E-state index contributed by atoms with van der Waals surface area (Å²) in [4.78, 5) is 0. The van der Waals surface area contributed by atoms with Gasteiger partial charge in [0.15, 0.2) is 10.8 Å². The number of furan rings is 1. The normalized spacial score (nSPS) is 23.7. The molecule has 5 rings (SSSR count). The summed E-state index contributed by atoms with van der Waals surface area (Å²) in [7, 11) is 1.50. The highest BCUT2D eigenvalue weighted by molar-refractivity contribution is 5.91. The van der Waals surface area contributed by atoms with Gasteiger partial charge in [-0.1, -0.05) is 12.2 Å². The lowest BCUT2D eigenvalue weighted by atomic mass is 9.51. The first kappa shape index (κ1) is 14.8. The van der Waals surface area contributed by atoms with Crippen LogP contribution in [0.1, 0.15) is 23.0 Å². The van der Waals surface area contributed by atoms with Crippen molar-refractivity contribution in [2.75, 3.05) is 7.11 Å². The average molecular weight is 326 g/mol. The van der Waals surface area contributed by atoms with E-state index in [4.69, 9.17) is 9.15 Å². The number of hydrogen-bond donors (Lipinski definition) is 0. The van der Waals surface area contributed by atoms with Gasteiger partial charge in [0.1, 0.15) is 11.3 Å². The van der Waals surface area contributed by atoms with Crippen LogP contribution in [0.2, 0.25) is 0 Å². The molecule has 0 radical (unpaired) electrons. The SMILES string of the molecule is COc1ccc2occ3c2c1C1C=CC3C(C#N)(C#N)C1(C#N)C#N. The Morgan fingerprint density at radius 3 is 2.16 bits per heavy atom. The molecular formula is C19H10N4O2. The fourth-order valence-corrected chi connectivity index (χ4v) is 4.21. The number of hydrogen-bond acceptors (Lipinski definition) is 6. The first-order chi connectivity index (χ1) is 12.1. The molecule has 1 aromatic carbocycles. The van der Waals surface area contributed by atoms with Crippen LogP contribution in [0.5, 0.6) is 5.75 Å². The van der Waals surface area contributed by atoms with Crippen LogP contribution in [-0.2, 0) is 0 Å². The van der Waals surface area contributed by atoms with Crippen molar-refractivity contribution in [3.8, 4) is 30.0 Å². The number of methoxy groups -OCH3 is 1. The van der Waals surface area contributed by atoms with Gasteiger partial charge in [0.2, 0.25) is 0 Å². The van der Waals surface area contributed by atoms with E-state index in [-0.39, 0.29) is 0 Å². The van der Waals surface area contributed by atoms with E-state index in [9.17, 15) is 21.0 Å². The molecule has 0 amide bonds. The summed E-state index contributed by atoms with van der Waals surface area (Å²) in [5.41, 5.74) is -1.91. The average Bonchev–Trinajstić information content (AvgIpc) is 2.98. The molecule has 2 unspecified atom stereocenters. The van der Waals surface area contributed by atoms with Gasteiger partial charge in [0.05, 0.1) is 37.6 Å². The molecule has 3 aliphatic rings. The van der Waals surface area contributed by atoms with Gasteiger partial charge in [-0.25, -0.2) is 0 Å². The maximum Gasteiger partial charge on any atom is 0.186 e. The fraction of sp³-hybridized carbons (Fsp3) is 0.263. The van der Waals surface area contributed by atoms with Gasteiger partial charge in [-0.3, -0.25) is 0 Å². The van der Waals surface area contributed by atoms with Crippen LogP contribution in [0.15, 0.2) is 35.0 Å². The zero-order chi connectivity index (χ0) is 17.8. The predicted molar refractivity (Wildman–Crippen MR) is 84.7 cm³/mol. The number of nitriles is 4. The quantitative estimate of drug-likeness (QED) is 0.742. The Labute approximate surface area is 143 Å². The van der Waals surface area contributed by atoms with Crippen molar-refractivity contribution in [2.45, 2.75) is 11.8 Å². The minimum atomic E-state index is -1.86. The van der Waals surface area contributed by atoms with Crippen LogP contribution >= 0.6 is 0 Å². The van der Waals surface area contributed by atoms with Gasteiger partial charge >= 0.3 is 0 Å². The van der Waals surface area contributed by atoms with Crippen molar-refractivity contribution >= 4 is 11.0 Å². The number of benzene rings is 1. The Balaban J connectivity index is 2.26. The third-order valence-electron chi connectivity index (χ3n) is 5.39. The number of nitrogens with zero attached hydrogens (tertiary/aromatic N) is 4. The lowest BCUT2D eigenvalue weighted by molar-refractivity contribution is 0.233. The third kappa shape index (κ3) is 1.37. The second-order valence-corrected chi connectivity index (χ2v) is 6.15. The molecule has 0 spiro atoms. The van der Waals surface area contributed by atoms with Crippen LogP contribution in [0.25, 0.3) is 11.0 Å². The minimum Gasteiger partial charge on any atom is -0.496 e. The standard InChI is InChI=1S/C19H10N4O2/c1-24-14-4-5-15-16-11(6-25-15)12-2-3-13(17(14)16)19(9-22,10-23)18(12,7-20)8-21/h2-6,12-13H,1H3. The number of ether oxygens (including phenoxy) is 1. The molecule has 25 heavy (non-hydrogen) atoms. The molecule has 6 heteroatoms. The predicted octanol–water partition coefficient (Wildman–Crippen LogP) is 3.26. The van der Waals surface area contributed by atoms with Crippen molar-refractivity contribution < 1.29 is 9.15 Å². The smallest absolute Gasteiger partial charge is 0.186 e. The molecule has 6 nitrogen and oxygen atoms in total. The van der Waals surface area contributed by atoms with Crippen molar-refractivity contribution in [1.82, 2.24) is 0 Å². The highest BCUT2D eigenvalue weighted by atomic mass is 16.5. The Hall–Kier alpha value is -3.74. The molecule has 0 saturated heterocycles. The summed E-state index contributed by atoms with van der Waals surface area (Å²) in [6, 6.07) is 11.5. The van der Waals surface area contributed by atoms with E-state index in [1.54, 1.807) is 24.3 Å². The van der Waals surface area contributed by atoms with Gasteiger partial charge in [-0.2, -0.15) is 21.0 Å². The first-order valence-corrected chi connectivity index (χ1v) is 7.55. The highest BCUT2D eigenvalue weighted by Gasteiger charge is 2.67. The van der Waals surface area contributed by atoms with Crippen LogP contribution in [0.3, 0.4) is 0 Å². The fourth-order valence-electron chi connectivity index (χ4n) is 4.21. The number of allylic oxidation sites excluding steroid dienone is 2. The van der Waals surface area contributed by atoms with Crippen molar-refractivity contribution in [3.63, 3.8) is 0 Å². The first-order valence-electron chi connectivity index (χ1n) is 7.55. The molecule has 0 fully saturated rings. The van der Waals surface area contributed by atoms with E-state index in [0.29, 0.717) is 27.8 Å². The Morgan fingerprint density at radius 1 is 0.960 bits per heavy atom. The molecule has 2 atom stereocenters. The van der Waals surface area contributed by atoms with Gasteiger partial charge in [0, 0.05) is 28.3 Å². The van der Waals surface area contributed by atoms with Crippen LogP contribution in [-0.4, -0.2) is 7.11 Å². The molecule has 0 aliphatic heterocycles. The second kappa shape index (κ2) is 4.64. The topological polar surface area (TPSA) is 118 Å². The van der Waals surface area contributed by atoms with E-state index < -0.39 is 22.7 Å². The molecule has 2 aromatic rings. The Bertz CT molecular complexity index is 1090. The zero-order valence-corrected chi connectivity index (χ0v) is 13.1. The molecule has 1 heterocycles.